The summed E-state index contributed by atoms with van der Waals surface area (Å²) in [5, 5.41) is 21.2. The molecule has 1 atom stereocenters. The van der Waals surface area contributed by atoms with Crippen LogP contribution in [0.1, 0.15) is 54.8 Å². The highest BCUT2D eigenvalue weighted by molar-refractivity contribution is 6.46. The van der Waals surface area contributed by atoms with Crippen LogP contribution in [0.5, 0.6) is 11.5 Å². The lowest BCUT2D eigenvalue weighted by Gasteiger charge is -2.35. The molecule has 162 valence electrons. The van der Waals surface area contributed by atoms with Gasteiger partial charge in [-0.05, 0) is 61.2 Å². The lowest BCUT2D eigenvalue weighted by molar-refractivity contribution is -0.141. The Bertz CT molecular complexity index is 1050. The van der Waals surface area contributed by atoms with Gasteiger partial charge in [0.1, 0.15) is 17.3 Å². The van der Waals surface area contributed by atoms with Crippen LogP contribution >= 0.6 is 0 Å². The number of aliphatic hydroxyl groups is 1. The minimum atomic E-state index is -0.738. The summed E-state index contributed by atoms with van der Waals surface area (Å²) in [6, 6.07) is 10.9. The smallest absolute Gasteiger partial charge is 0.295 e. The van der Waals surface area contributed by atoms with Crippen LogP contribution in [0, 0.1) is 6.92 Å². The number of carbonyl (C=O) groups excluding carboxylic acids is 2. The first kappa shape index (κ1) is 21.0. The van der Waals surface area contributed by atoms with Crippen LogP contribution in [-0.4, -0.2) is 40.0 Å². The van der Waals surface area contributed by atoms with E-state index in [9.17, 15) is 19.8 Å². The highest BCUT2D eigenvalue weighted by Gasteiger charge is 2.48. The number of aliphatic hydroxyl groups excluding tert-OH is 1. The fourth-order valence-electron chi connectivity index (χ4n) is 4.79. The molecular formula is C25H27NO5. The summed E-state index contributed by atoms with van der Waals surface area (Å²) in [6.45, 7) is 1.85. The predicted octanol–water partition coefficient (Wildman–Crippen LogP) is 4.46. The van der Waals surface area contributed by atoms with E-state index in [4.69, 9.17) is 4.74 Å². The number of ketones is 1. The van der Waals surface area contributed by atoms with Crippen molar-refractivity contribution < 1.29 is 24.5 Å². The fraction of sp³-hybridized carbons (Fsp3) is 0.360. The minimum Gasteiger partial charge on any atom is -0.508 e. The maximum atomic E-state index is 13.2. The van der Waals surface area contributed by atoms with Gasteiger partial charge in [-0.25, -0.2) is 0 Å². The Labute approximate surface area is 181 Å². The number of phenolic OH excluding ortho intramolecular Hbond substituents is 1. The van der Waals surface area contributed by atoms with Crippen molar-refractivity contribution in [2.24, 2.45) is 0 Å². The van der Waals surface area contributed by atoms with E-state index in [2.05, 4.69) is 0 Å². The summed E-state index contributed by atoms with van der Waals surface area (Å²) < 4.78 is 5.29. The van der Waals surface area contributed by atoms with Gasteiger partial charge in [-0.3, -0.25) is 9.59 Å². The first-order valence-corrected chi connectivity index (χ1v) is 10.7. The van der Waals surface area contributed by atoms with Crippen molar-refractivity contribution in [1.29, 1.82) is 0 Å². The number of amides is 1. The fourth-order valence-corrected chi connectivity index (χ4v) is 4.79. The first-order valence-electron chi connectivity index (χ1n) is 10.7. The highest BCUT2D eigenvalue weighted by atomic mass is 16.5. The van der Waals surface area contributed by atoms with E-state index in [0.717, 1.165) is 37.7 Å². The second kappa shape index (κ2) is 8.46. The molecule has 1 saturated carbocycles. The number of ether oxygens (including phenoxy) is 1. The number of likely N-dealkylation sites (tertiary alicyclic amines) is 1. The second-order valence-electron chi connectivity index (χ2n) is 8.28. The molecule has 1 heterocycles. The molecule has 6 heteroatoms. The molecule has 0 aromatic heterocycles. The monoisotopic (exact) mass is 421 g/mol. The first-order chi connectivity index (χ1) is 14.9. The molecule has 0 spiro atoms. The Balaban J connectivity index is 1.88. The van der Waals surface area contributed by atoms with Crippen LogP contribution in [0.15, 0.2) is 48.0 Å². The Morgan fingerprint density at radius 1 is 1.06 bits per heavy atom. The number of methoxy groups -OCH3 is 1. The van der Waals surface area contributed by atoms with E-state index in [1.54, 1.807) is 54.5 Å². The van der Waals surface area contributed by atoms with Gasteiger partial charge in [0, 0.05) is 11.6 Å². The Morgan fingerprint density at radius 2 is 1.81 bits per heavy atom. The number of hydrogen-bond acceptors (Lipinski definition) is 5. The van der Waals surface area contributed by atoms with Crippen molar-refractivity contribution in [2.75, 3.05) is 7.11 Å². The second-order valence-corrected chi connectivity index (χ2v) is 8.28. The summed E-state index contributed by atoms with van der Waals surface area (Å²) in [5.41, 5.74) is 1.93. The SMILES string of the molecule is COc1ccc(/C(O)=C2/C(=O)C(=O)N(C3CCCCC3)C2c2cccc(O)c2)cc1C. The average Bonchev–Trinajstić information content (AvgIpc) is 3.04. The number of nitrogens with zero attached hydrogens (tertiary/aromatic N) is 1. The zero-order valence-corrected chi connectivity index (χ0v) is 17.8. The lowest BCUT2D eigenvalue weighted by atomic mass is 9.90. The molecule has 2 fully saturated rings. The molecule has 6 nitrogen and oxygen atoms in total. The van der Waals surface area contributed by atoms with E-state index >= 15 is 0 Å². The van der Waals surface area contributed by atoms with Crippen molar-refractivity contribution in [2.45, 2.75) is 51.1 Å². The summed E-state index contributed by atoms with van der Waals surface area (Å²) >= 11 is 0. The number of benzene rings is 2. The third-order valence-electron chi connectivity index (χ3n) is 6.30. The third-order valence-corrected chi connectivity index (χ3v) is 6.30. The van der Waals surface area contributed by atoms with Gasteiger partial charge in [-0.15, -0.1) is 0 Å². The van der Waals surface area contributed by atoms with Crippen molar-refractivity contribution in [3.05, 3.63) is 64.7 Å². The maximum absolute atomic E-state index is 13.2. The number of aromatic hydroxyl groups is 1. The van der Waals surface area contributed by atoms with Gasteiger partial charge in [0.2, 0.25) is 0 Å². The number of hydrogen-bond donors (Lipinski definition) is 2. The number of rotatable bonds is 4. The normalized spacial score (nSPS) is 21.5. The molecule has 1 unspecified atom stereocenters. The number of aryl methyl sites for hydroxylation is 1. The quantitative estimate of drug-likeness (QED) is 0.432. The van der Waals surface area contributed by atoms with Crippen molar-refractivity contribution >= 4 is 17.4 Å². The summed E-state index contributed by atoms with van der Waals surface area (Å²) in [7, 11) is 1.57. The number of Topliss-reactive ketones (excluding diaryl/α,β-unsaturated/α-hetero) is 1. The summed E-state index contributed by atoms with van der Waals surface area (Å²) in [4.78, 5) is 27.9. The van der Waals surface area contributed by atoms with Crippen LogP contribution < -0.4 is 4.74 Å². The standard InChI is InChI=1S/C25H27NO5/c1-15-13-17(11-12-20(15)31-2)23(28)21-22(16-7-6-10-19(27)14-16)26(25(30)24(21)29)18-8-4-3-5-9-18/h6-7,10-14,18,22,27-28H,3-5,8-9H2,1-2H3/b23-21-. The van der Waals surface area contributed by atoms with Gasteiger partial charge >= 0.3 is 0 Å². The van der Waals surface area contributed by atoms with E-state index < -0.39 is 17.7 Å². The van der Waals surface area contributed by atoms with Crippen LogP contribution in [0.25, 0.3) is 5.76 Å². The van der Waals surface area contributed by atoms with Crippen LogP contribution in [-0.2, 0) is 9.59 Å². The molecule has 31 heavy (non-hydrogen) atoms. The zero-order valence-electron chi connectivity index (χ0n) is 17.8. The predicted molar refractivity (Wildman–Crippen MR) is 117 cm³/mol. The molecule has 0 radical (unpaired) electrons. The van der Waals surface area contributed by atoms with Crippen LogP contribution in [0.3, 0.4) is 0 Å². The minimum absolute atomic E-state index is 0.0482. The van der Waals surface area contributed by atoms with Gasteiger partial charge in [0.25, 0.3) is 11.7 Å². The van der Waals surface area contributed by atoms with E-state index in [-0.39, 0.29) is 23.1 Å². The molecule has 4 rings (SSSR count). The zero-order chi connectivity index (χ0) is 22.1. The molecule has 0 bridgehead atoms. The van der Waals surface area contributed by atoms with Gasteiger partial charge < -0.3 is 19.8 Å². The van der Waals surface area contributed by atoms with Crippen molar-refractivity contribution in [3.8, 4) is 11.5 Å². The molecule has 1 aliphatic carbocycles. The van der Waals surface area contributed by atoms with Crippen molar-refractivity contribution in [3.63, 3.8) is 0 Å². The molecule has 2 aromatic carbocycles. The number of phenols is 1. The highest BCUT2D eigenvalue weighted by Crippen LogP contribution is 2.43. The van der Waals surface area contributed by atoms with E-state index in [1.165, 1.54) is 0 Å². The molecule has 1 saturated heterocycles. The van der Waals surface area contributed by atoms with Gasteiger partial charge in [0.05, 0.1) is 18.7 Å². The Hall–Kier alpha value is -3.28. The number of carbonyl (C=O) groups is 2. The lowest BCUT2D eigenvalue weighted by Crippen LogP contribution is -2.40. The Morgan fingerprint density at radius 3 is 2.45 bits per heavy atom. The average molecular weight is 421 g/mol. The maximum Gasteiger partial charge on any atom is 0.295 e. The van der Waals surface area contributed by atoms with E-state index in [1.807, 2.05) is 6.92 Å². The van der Waals surface area contributed by atoms with Gasteiger partial charge in [-0.1, -0.05) is 31.4 Å². The molecule has 2 aromatic rings. The largest absolute Gasteiger partial charge is 0.508 e. The van der Waals surface area contributed by atoms with Gasteiger partial charge in [-0.2, -0.15) is 0 Å². The molecule has 2 aliphatic rings. The Kier molecular flexibility index (Phi) is 5.72. The molecule has 2 N–H and O–H groups in total. The van der Waals surface area contributed by atoms with E-state index in [0.29, 0.717) is 16.9 Å². The molecular weight excluding hydrogens is 394 g/mol. The van der Waals surface area contributed by atoms with Crippen LogP contribution in [0.2, 0.25) is 0 Å². The van der Waals surface area contributed by atoms with Gasteiger partial charge in [0.15, 0.2) is 0 Å². The molecule has 1 aliphatic heterocycles. The topological polar surface area (TPSA) is 87.1 Å². The summed E-state index contributed by atoms with van der Waals surface area (Å²) in [6.07, 6.45) is 4.76. The molecule has 1 amide bonds. The summed E-state index contributed by atoms with van der Waals surface area (Å²) in [5.74, 6) is -0.775. The van der Waals surface area contributed by atoms with Crippen LogP contribution in [0.4, 0.5) is 0 Å². The van der Waals surface area contributed by atoms with Crippen molar-refractivity contribution in [1.82, 2.24) is 4.90 Å². The third kappa shape index (κ3) is 3.78.